The molecule has 1 aliphatic rings. The number of nitrogens with one attached hydrogen (secondary N) is 1. The molecule has 0 aromatic heterocycles. The van der Waals surface area contributed by atoms with Crippen LogP contribution < -0.4 is 14.8 Å². The minimum Gasteiger partial charge on any atom is -0.454 e. The molecule has 0 radical (unpaired) electrons. The lowest BCUT2D eigenvalue weighted by atomic mass is 10.2. The van der Waals surface area contributed by atoms with Crippen LogP contribution in [0, 0.1) is 0 Å². The maximum Gasteiger partial charge on any atom is 0.321 e. The van der Waals surface area contributed by atoms with Gasteiger partial charge in [-0.15, -0.1) is 0 Å². The van der Waals surface area contributed by atoms with Gasteiger partial charge < -0.3 is 19.7 Å². The van der Waals surface area contributed by atoms with Gasteiger partial charge in [0.1, 0.15) is 0 Å². The van der Waals surface area contributed by atoms with Crippen molar-refractivity contribution < 1.29 is 14.3 Å². The van der Waals surface area contributed by atoms with Gasteiger partial charge in [0.15, 0.2) is 11.5 Å². The standard InChI is InChI=1S/C16H15ClN2O3/c1-19(9-11-4-2-3-5-13(11)17)16(20)18-12-6-7-14-15(8-12)22-10-21-14/h2-8H,9-10H2,1H3,(H,18,20). The van der Waals surface area contributed by atoms with Gasteiger partial charge in [-0.1, -0.05) is 29.8 Å². The lowest BCUT2D eigenvalue weighted by molar-refractivity contribution is 0.174. The molecule has 1 aliphatic heterocycles. The van der Waals surface area contributed by atoms with E-state index in [-0.39, 0.29) is 12.8 Å². The third-order valence-corrected chi connectivity index (χ3v) is 3.70. The van der Waals surface area contributed by atoms with Crippen molar-refractivity contribution in [1.29, 1.82) is 0 Å². The highest BCUT2D eigenvalue weighted by atomic mass is 35.5. The number of halogens is 1. The van der Waals surface area contributed by atoms with Gasteiger partial charge in [-0.2, -0.15) is 0 Å². The Labute approximate surface area is 133 Å². The van der Waals surface area contributed by atoms with Gasteiger partial charge in [0.25, 0.3) is 0 Å². The lowest BCUT2D eigenvalue weighted by Crippen LogP contribution is -2.30. The Balaban J connectivity index is 1.65. The number of anilines is 1. The Morgan fingerprint density at radius 1 is 1.23 bits per heavy atom. The summed E-state index contributed by atoms with van der Waals surface area (Å²) in [5.41, 5.74) is 1.55. The molecule has 1 N–H and O–H groups in total. The molecule has 0 aliphatic carbocycles. The van der Waals surface area contributed by atoms with Gasteiger partial charge in [-0.25, -0.2) is 4.79 Å². The fourth-order valence-electron chi connectivity index (χ4n) is 2.15. The van der Waals surface area contributed by atoms with Crippen LogP contribution in [0.3, 0.4) is 0 Å². The normalized spacial score (nSPS) is 12.1. The zero-order valence-electron chi connectivity index (χ0n) is 12.0. The summed E-state index contributed by atoms with van der Waals surface area (Å²) in [5, 5.41) is 3.46. The molecule has 0 saturated heterocycles. The molecule has 0 unspecified atom stereocenters. The molecule has 0 saturated carbocycles. The predicted molar refractivity (Wildman–Crippen MR) is 84.5 cm³/mol. The van der Waals surface area contributed by atoms with Gasteiger partial charge in [0.05, 0.1) is 0 Å². The summed E-state index contributed by atoms with van der Waals surface area (Å²) in [4.78, 5) is 13.8. The maximum atomic E-state index is 12.2. The first-order valence-electron chi connectivity index (χ1n) is 6.78. The van der Waals surface area contributed by atoms with Crippen molar-refractivity contribution in [2.45, 2.75) is 6.54 Å². The molecule has 0 spiro atoms. The lowest BCUT2D eigenvalue weighted by Gasteiger charge is -2.18. The summed E-state index contributed by atoms with van der Waals surface area (Å²) in [6.45, 7) is 0.634. The Hall–Kier alpha value is -2.40. The molecule has 1 heterocycles. The number of nitrogens with zero attached hydrogens (tertiary/aromatic N) is 1. The molecule has 2 amide bonds. The van der Waals surface area contributed by atoms with Crippen molar-refractivity contribution in [2.24, 2.45) is 0 Å². The number of amides is 2. The van der Waals surface area contributed by atoms with Crippen LogP contribution in [0.4, 0.5) is 10.5 Å². The third kappa shape index (κ3) is 3.09. The summed E-state index contributed by atoms with van der Waals surface area (Å²) < 4.78 is 10.5. The summed E-state index contributed by atoms with van der Waals surface area (Å²) in [5.74, 6) is 1.31. The minimum atomic E-state index is -0.223. The van der Waals surface area contributed by atoms with Crippen molar-refractivity contribution >= 4 is 23.3 Å². The molecular formula is C16H15ClN2O3. The van der Waals surface area contributed by atoms with E-state index in [0.717, 1.165) is 5.56 Å². The Morgan fingerprint density at radius 2 is 2.00 bits per heavy atom. The summed E-state index contributed by atoms with van der Waals surface area (Å²) >= 11 is 6.11. The Kier molecular flexibility index (Phi) is 4.06. The van der Waals surface area contributed by atoms with Crippen LogP contribution in [0.5, 0.6) is 11.5 Å². The van der Waals surface area contributed by atoms with E-state index in [9.17, 15) is 4.79 Å². The largest absolute Gasteiger partial charge is 0.454 e. The molecule has 3 rings (SSSR count). The fraction of sp³-hybridized carbons (Fsp3) is 0.188. The number of urea groups is 1. The fourth-order valence-corrected chi connectivity index (χ4v) is 2.34. The number of fused-ring (bicyclic) bond motifs is 1. The molecule has 0 fully saturated rings. The molecule has 0 atom stereocenters. The highest BCUT2D eigenvalue weighted by Gasteiger charge is 2.15. The van der Waals surface area contributed by atoms with Crippen LogP contribution in [0.15, 0.2) is 42.5 Å². The van der Waals surface area contributed by atoms with E-state index in [1.54, 1.807) is 36.2 Å². The zero-order chi connectivity index (χ0) is 15.5. The van der Waals surface area contributed by atoms with E-state index in [1.807, 2.05) is 18.2 Å². The monoisotopic (exact) mass is 318 g/mol. The van der Waals surface area contributed by atoms with E-state index >= 15 is 0 Å². The van der Waals surface area contributed by atoms with Crippen molar-refractivity contribution in [1.82, 2.24) is 4.90 Å². The summed E-state index contributed by atoms with van der Waals surface area (Å²) in [7, 11) is 1.71. The van der Waals surface area contributed by atoms with Crippen LogP contribution in [-0.2, 0) is 6.54 Å². The van der Waals surface area contributed by atoms with Crippen LogP contribution in [0.25, 0.3) is 0 Å². The maximum absolute atomic E-state index is 12.2. The first-order chi connectivity index (χ1) is 10.6. The minimum absolute atomic E-state index is 0.207. The molecule has 2 aromatic rings. The van der Waals surface area contributed by atoms with Gasteiger partial charge in [-0.3, -0.25) is 0 Å². The Bertz CT molecular complexity index is 706. The van der Waals surface area contributed by atoms with Crippen LogP contribution >= 0.6 is 11.6 Å². The van der Waals surface area contributed by atoms with E-state index < -0.39 is 0 Å². The summed E-state index contributed by atoms with van der Waals surface area (Å²) in [6, 6.07) is 12.5. The van der Waals surface area contributed by atoms with Gasteiger partial charge in [0, 0.05) is 30.4 Å². The first kappa shape index (κ1) is 14.5. The molecule has 114 valence electrons. The van der Waals surface area contributed by atoms with Gasteiger partial charge in [-0.05, 0) is 23.8 Å². The second-order valence-corrected chi connectivity index (χ2v) is 5.35. The Morgan fingerprint density at radius 3 is 2.82 bits per heavy atom. The van der Waals surface area contributed by atoms with E-state index in [2.05, 4.69) is 5.32 Å². The number of carbonyl (C=O) groups is 1. The third-order valence-electron chi connectivity index (χ3n) is 3.34. The predicted octanol–water partition coefficient (Wildman–Crippen LogP) is 3.73. The van der Waals surface area contributed by atoms with Crippen molar-refractivity contribution in [3.05, 3.63) is 53.1 Å². The SMILES string of the molecule is CN(Cc1ccccc1Cl)C(=O)Nc1ccc2c(c1)OCO2. The average molecular weight is 319 g/mol. The van der Waals surface area contributed by atoms with E-state index in [4.69, 9.17) is 21.1 Å². The van der Waals surface area contributed by atoms with Crippen molar-refractivity contribution in [2.75, 3.05) is 19.2 Å². The number of ether oxygens (including phenoxy) is 2. The molecule has 5 nitrogen and oxygen atoms in total. The average Bonchev–Trinajstić information content (AvgIpc) is 2.97. The summed E-state index contributed by atoms with van der Waals surface area (Å²) in [6.07, 6.45) is 0. The zero-order valence-corrected chi connectivity index (χ0v) is 12.8. The van der Waals surface area contributed by atoms with Gasteiger partial charge >= 0.3 is 6.03 Å². The first-order valence-corrected chi connectivity index (χ1v) is 7.16. The molecular weight excluding hydrogens is 304 g/mol. The topological polar surface area (TPSA) is 50.8 Å². The molecule has 6 heteroatoms. The van der Waals surface area contributed by atoms with Gasteiger partial charge in [0.2, 0.25) is 6.79 Å². The second kappa shape index (κ2) is 6.15. The molecule has 0 bridgehead atoms. The smallest absolute Gasteiger partial charge is 0.321 e. The molecule has 22 heavy (non-hydrogen) atoms. The number of benzene rings is 2. The number of rotatable bonds is 3. The number of hydrogen-bond donors (Lipinski definition) is 1. The highest BCUT2D eigenvalue weighted by Crippen LogP contribution is 2.34. The van der Waals surface area contributed by atoms with Crippen LogP contribution in [0.1, 0.15) is 5.56 Å². The molecule has 2 aromatic carbocycles. The highest BCUT2D eigenvalue weighted by molar-refractivity contribution is 6.31. The van der Waals surface area contributed by atoms with E-state index in [0.29, 0.717) is 28.8 Å². The van der Waals surface area contributed by atoms with Crippen LogP contribution in [-0.4, -0.2) is 24.8 Å². The second-order valence-electron chi connectivity index (χ2n) is 4.95. The van der Waals surface area contributed by atoms with Crippen molar-refractivity contribution in [3.63, 3.8) is 0 Å². The van der Waals surface area contributed by atoms with Crippen molar-refractivity contribution in [3.8, 4) is 11.5 Å². The number of hydrogen-bond acceptors (Lipinski definition) is 3. The van der Waals surface area contributed by atoms with E-state index in [1.165, 1.54) is 0 Å². The van der Waals surface area contributed by atoms with Crippen LogP contribution in [0.2, 0.25) is 5.02 Å². The quantitative estimate of drug-likeness (QED) is 0.938. The number of carbonyl (C=O) groups excluding carboxylic acids is 1.